The van der Waals surface area contributed by atoms with E-state index in [9.17, 15) is 9.90 Å². The third-order valence-electron chi connectivity index (χ3n) is 5.09. The zero-order valence-electron chi connectivity index (χ0n) is 16.2. The quantitative estimate of drug-likeness (QED) is 0.345. The van der Waals surface area contributed by atoms with Crippen molar-refractivity contribution in [1.29, 1.82) is 0 Å². The molecule has 0 bridgehead atoms. The number of rotatable bonds is 17. The lowest BCUT2D eigenvalue weighted by atomic mass is 9.92. The van der Waals surface area contributed by atoms with Crippen LogP contribution in [-0.2, 0) is 4.79 Å². The van der Waals surface area contributed by atoms with Crippen molar-refractivity contribution in [3.63, 3.8) is 0 Å². The Morgan fingerprint density at radius 1 is 0.875 bits per heavy atom. The molecule has 0 saturated heterocycles. The molecule has 0 heterocycles. The molecule has 0 unspecified atom stereocenters. The summed E-state index contributed by atoms with van der Waals surface area (Å²) in [5, 5.41) is 13.1. The minimum absolute atomic E-state index is 0.0767. The number of nitrogens with two attached hydrogens (primary N) is 1. The molecule has 0 fully saturated rings. The fourth-order valence-corrected chi connectivity index (χ4v) is 2.95. The average molecular weight is 343 g/mol. The summed E-state index contributed by atoms with van der Waals surface area (Å²) >= 11 is 0. The van der Waals surface area contributed by atoms with Gasteiger partial charge in [0.25, 0.3) is 0 Å². The van der Waals surface area contributed by atoms with E-state index in [-0.39, 0.29) is 5.91 Å². The molecule has 144 valence electrons. The number of unbranched alkanes of at least 4 members (excludes halogenated alkanes) is 9. The van der Waals surface area contributed by atoms with E-state index < -0.39 is 5.60 Å². The lowest BCUT2D eigenvalue weighted by Gasteiger charge is -2.24. The Bertz CT molecular complexity index is 291. The van der Waals surface area contributed by atoms with Gasteiger partial charge < -0.3 is 16.2 Å². The van der Waals surface area contributed by atoms with Gasteiger partial charge in [0.1, 0.15) is 0 Å². The first-order chi connectivity index (χ1) is 11.6. The van der Waals surface area contributed by atoms with E-state index in [1.165, 1.54) is 57.8 Å². The molecule has 0 aliphatic carbocycles. The lowest BCUT2D eigenvalue weighted by Crippen LogP contribution is -2.31. The summed E-state index contributed by atoms with van der Waals surface area (Å²) in [5.41, 5.74) is 4.81. The maximum Gasteiger partial charge on any atom is 0.220 e. The highest BCUT2D eigenvalue weighted by Gasteiger charge is 2.22. The van der Waals surface area contributed by atoms with Crippen molar-refractivity contribution >= 4 is 5.91 Å². The second-order valence-corrected chi connectivity index (χ2v) is 7.11. The second-order valence-electron chi connectivity index (χ2n) is 7.11. The van der Waals surface area contributed by atoms with E-state index in [0.29, 0.717) is 25.7 Å². The van der Waals surface area contributed by atoms with Gasteiger partial charge in [0, 0.05) is 13.0 Å². The summed E-state index contributed by atoms with van der Waals surface area (Å²) in [6.07, 6.45) is 15.1. The Kier molecular flexibility index (Phi) is 15.5. The van der Waals surface area contributed by atoms with Gasteiger partial charge in [0.2, 0.25) is 5.91 Å². The van der Waals surface area contributed by atoms with Crippen LogP contribution < -0.4 is 11.1 Å². The maximum atomic E-state index is 11.8. The molecule has 1 amide bonds. The molecule has 0 aromatic heterocycles. The Morgan fingerprint density at radius 2 is 1.33 bits per heavy atom. The predicted octanol–water partition coefficient (Wildman–Crippen LogP) is 4.29. The summed E-state index contributed by atoms with van der Waals surface area (Å²) in [4.78, 5) is 11.8. The zero-order chi connectivity index (χ0) is 18.1. The molecule has 0 atom stereocenters. The van der Waals surface area contributed by atoms with E-state index in [1.807, 2.05) is 13.8 Å². The van der Waals surface area contributed by atoms with Crippen LogP contribution in [0.15, 0.2) is 0 Å². The summed E-state index contributed by atoms with van der Waals surface area (Å²) in [5.74, 6) is 0.0767. The number of carbonyl (C=O) groups excluding carboxylic acids is 1. The summed E-state index contributed by atoms with van der Waals surface area (Å²) in [6.45, 7) is 5.55. The molecule has 4 heteroatoms. The van der Waals surface area contributed by atoms with Gasteiger partial charge in [-0.3, -0.25) is 4.79 Å². The number of nitrogens with one attached hydrogen (secondary N) is 1. The third-order valence-corrected chi connectivity index (χ3v) is 5.09. The zero-order valence-corrected chi connectivity index (χ0v) is 16.2. The van der Waals surface area contributed by atoms with E-state index in [2.05, 4.69) is 5.32 Å². The van der Waals surface area contributed by atoms with E-state index in [0.717, 1.165) is 19.5 Å². The molecule has 0 radical (unpaired) electrons. The molecule has 0 aliphatic heterocycles. The van der Waals surface area contributed by atoms with Crippen molar-refractivity contribution in [2.75, 3.05) is 13.1 Å². The molecule has 0 saturated carbocycles. The number of hydrogen-bond donors (Lipinski definition) is 3. The minimum Gasteiger partial charge on any atom is -0.390 e. The van der Waals surface area contributed by atoms with Crippen molar-refractivity contribution in [2.45, 2.75) is 109 Å². The normalized spacial score (nSPS) is 11.7. The Morgan fingerprint density at radius 3 is 1.79 bits per heavy atom. The van der Waals surface area contributed by atoms with E-state index in [1.54, 1.807) is 0 Å². The van der Waals surface area contributed by atoms with Crippen LogP contribution in [0.4, 0.5) is 0 Å². The van der Waals surface area contributed by atoms with Gasteiger partial charge in [-0.25, -0.2) is 0 Å². The molecular weight excluding hydrogens is 300 g/mol. The minimum atomic E-state index is -0.665. The Labute approximate surface area is 150 Å². The van der Waals surface area contributed by atoms with Gasteiger partial charge in [-0.05, 0) is 38.6 Å². The highest BCUT2D eigenvalue weighted by molar-refractivity contribution is 5.75. The molecule has 0 rings (SSSR count). The van der Waals surface area contributed by atoms with Gasteiger partial charge in [0.05, 0.1) is 5.60 Å². The van der Waals surface area contributed by atoms with Crippen LogP contribution in [0.2, 0.25) is 0 Å². The first-order valence-electron chi connectivity index (χ1n) is 10.3. The van der Waals surface area contributed by atoms with Crippen LogP contribution >= 0.6 is 0 Å². The van der Waals surface area contributed by atoms with Gasteiger partial charge in [-0.15, -0.1) is 0 Å². The fourth-order valence-electron chi connectivity index (χ4n) is 2.95. The van der Waals surface area contributed by atoms with Gasteiger partial charge in [0.15, 0.2) is 0 Å². The van der Waals surface area contributed by atoms with Crippen LogP contribution in [-0.4, -0.2) is 29.7 Å². The predicted molar refractivity (Wildman–Crippen MR) is 103 cm³/mol. The molecule has 0 spiro atoms. The number of hydrogen-bond acceptors (Lipinski definition) is 3. The second kappa shape index (κ2) is 15.9. The van der Waals surface area contributed by atoms with E-state index >= 15 is 0 Å². The lowest BCUT2D eigenvalue weighted by molar-refractivity contribution is -0.122. The van der Waals surface area contributed by atoms with Gasteiger partial charge in [-0.2, -0.15) is 0 Å². The fraction of sp³-hybridized carbons (Fsp3) is 0.950. The molecule has 0 aromatic rings. The van der Waals surface area contributed by atoms with Crippen molar-refractivity contribution in [2.24, 2.45) is 5.73 Å². The number of carbonyl (C=O) groups is 1. The SMILES string of the molecule is CCC(O)(CC)CCC(=O)NCCCCCCCCCCCCN. The van der Waals surface area contributed by atoms with Crippen LogP contribution in [0, 0.1) is 0 Å². The number of aliphatic hydroxyl groups is 1. The van der Waals surface area contributed by atoms with Gasteiger partial charge in [-0.1, -0.05) is 65.2 Å². The van der Waals surface area contributed by atoms with Crippen LogP contribution in [0.1, 0.15) is 104 Å². The highest BCUT2D eigenvalue weighted by Crippen LogP contribution is 2.20. The van der Waals surface area contributed by atoms with Crippen molar-refractivity contribution in [3.05, 3.63) is 0 Å². The van der Waals surface area contributed by atoms with Gasteiger partial charge >= 0.3 is 0 Å². The van der Waals surface area contributed by atoms with Crippen molar-refractivity contribution in [3.8, 4) is 0 Å². The first-order valence-corrected chi connectivity index (χ1v) is 10.3. The largest absolute Gasteiger partial charge is 0.390 e. The molecular formula is C20H42N2O2. The molecule has 0 aromatic carbocycles. The van der Waals surface area contributed by atoms with Crippen LogP contribution in [0.25, 0.3) is 0 Å². The molecule has 4 N–H and O–H groups in total. The molecule has 0 aliphatic rings. The summed E-state index contributed by atoms with van der Waals surface area (Å²) in [7, 11) is 0. The molecule has 24 heavy (non-hydrogen) atoms. The Hall–Kier alpha value is -0.610. The average Bonchev–Trinajstić information content (AvgIpc) is 2.60. The third kappa shape index (κ3) is 13.8. The van der Waals surface area contributed by atoms with E-state index in [4.69, 9.17) is 5.73 Å². The topological polar surface area (TPSA) is 75.3 Å². The van der Waals surface area contributed by atoms with Crippen molar-refractivity contribution in [1.82, 2.24) is 5.32 Å². The number of amides is 1. The Balaban J connectivity index is 3.33. The molecule has 4 nitrogen and oxygen atoms in total. The highest BCUT2D eigenvalue weighted by atomic mass is 16.3. The maximum absolute atomic E-state index is 11.8. The monoisotopic (exact) mass is 342 g/mol. The van der Waals surface area contributed by atoms with Crippen LogP contribution in [0.3, 0.4) is 0 Å². The van der Waals surface area contributed by atoms with Crippen molar-refractivity contribution < 1.29 is 9.90 Å². The smallest absolute Gasteiger partial charge is 0.220 e. The van der Waals surface area contributed by atoms with Crippen LogP contribution in [0.5, 0.6) is 0 Å². The summed E-state index contributed by atoms with van der Waals surface area (Å²) < 4.78 is 0. The standard InChI is InChI=1S/C20H42N2O2/c1-3-20(24,4-2)16-15-19(23)22-18-14-12-10-8-6-5-7-9-11-13-17-21/h24H,3-18,21H2,1-2H3,(H,22,23). The summed E-state index contributed by atoms with van der Waals surface area (Å²) in [6, 6.07) is 0. The first kappa shape index (κ1) is 23.4.